The minimum Gasteiger partial charge on any atom is -0.481 e. The fraction of sp³-hybridized carbons (Fsp3) is 0.364. The van der Waals surface area contributed by atoms with Crippen molar-refractivity contribution in [2.45, 2.75) is 55.9 Å². The van der Waals surface area contributed by atoms with Gasteiger partial charge in [-0.05, 0) is 55.7 Å². The summed E-state index contributed by atoms with van der Waals surface area (Å²) >= 11 is 0. The number of anilines is 1. The molecule has 0 aliphatic heterocycles. The maximum Gasteiger partial charge on any atom is 0.339 e. The average Bonchev–Trinajstić information content (AvgIpc) is 3.37. The number of fused-ring (bicyclic) bond motifs is 1. The lowest BCUT2D eigenvalue weighted by atomic mass is 10.2. The van der Waals surface area contributed by atoms with Crippen LogP contribution in [0.25, 0.3) is 11.0 Å². The van der Waals surface area contributed by atoms with Gasteiger partial charge in [0.1, 0.15) is 16.5 Å². The van der Waals surface area contributed by atoms with Crippen LogP contribution in [0.4, 0.5) is 5.69 Å². The van der Waals surface area contributed by atoms with E-state index in [1.807, 2.05) is 0 Å². The zero-order valence-corrected chi connectivity index (χ0v) is 17.8. The van der Waals surface area contributed by atoms with E-state index in [-0.39, 0.29) is 17.1 Å². The SMILES string of the molecule is O=C(O)CCCc1nc2ccc(OS(=O)(=O)c3ccc(NC4CCCC4)cc3)cc2[nH]1. The second kappa shape index (κ2) is 8.97. The first-order valence-corrected chi connectivity index (χ1v) is 11.8. The first kappa shape index (κ1) is 21.2. The van der Waals surface area contributed by atoms with E-state index in [4.69, 9.17) is 9.29 Å². The highest BCUT2D eigenvalue weighted by molar-refractivity contribution is 7.87. The van der Waals surface area contributed by atoms with Crippen molar-refractivity contribution in [1.82, 2.24) is 9.97 Å². The number of hydrogen-bond donors (Lipinski definition) is 3. The Balaban J connectivity index is 1.43. The molecule has 31 heavy (non-hydrogen) atoms. The molecule has 9 heteroatoms. The highest BCUT2D eigenvalue weighted by Gasteiger charge is 2.19. The van der Waals surface area contributed by atoms with Gasteiger partial charge in [-0.2, -0.15) is 8.42 Å². The second-order valence-corrected chi connectivity index (χ2v) is 9.34. The molecule has 0 amide bonds. The van der Waals surface area contributed by atoms with Gasteiger partial charge in [0.25, 0.3) is 0 Å². The second-order valence-electron chi connectivity index (χ2n) is 7.80. The number of aryl methyl sites for hydroxylation is 1. The molecule has 1 heterocycles. The molecule has 0 unspecified atom stereocenters. The molecular weight excluding hydrogens is 418 g/mol. The lowest BCUT2D eigenvalue weighted by molar-refractivity contribution is -0.137. The fourth-order valence-electron chi connectivity index (χ4n) is 3.82. The molecule has 3 aromatic rings. The molecule has 0 saturated heterocycles. The standard InChI is InChI=1S/C22H25N3O5S/c26-22(27)7-3-6-21-24-19-13-10-17(14-20(19)25-21)30-31(28,29)18-11-8-16(9-12-18)23-15-4-1-2-5-15/h8-15,23H,1-7H2,(H,24,25)(H,26,27). The number of nitrogens with zero attached hydrogens (tertiary/aromatic N) is 1. The fourth-order valence-corrected chi connectivity index (χ4v) is 4.74. The first-order chi connectivity index (χ1) is 14.9. The average molecular weight is 444 g/mol. The van der Waals surface area contributed by atoms with Gasteiger partial charge in [-0.1, -0.05) is 12.8 Å². The summed E-state index contributed by atoms with van der Waals surface area (Å²) in [5.41, 5.74) is 2.20. The lowest BCUT2D eigenvalue weighted by Gasteiger charge is -2.14. The molecule has 2 aromatic carbocycles. The Bertz CT molecular complexity index is 1170. The molecular formula is C22H25N3O5S. The van der Waals surface area contributed by atoms with Crippen LogP contribution in [-0.4, -0.2) is 35.5 Å². The Labute approximate surface area is 180 Å². The summed E-state index contributed by atoms with van der Waals surface area (Å²) in [6.45, 7) is 0. The quantitative estimate of drug-likeness (QED) is 0.426. The van der Waals surface area contributed by atoms with Crippen LogP contribution in [-0.2, 0) is 21.3 Å². The van der Waals surface area contributed by atoms with Crippen LogP contribution < -0.4 is 9.50 Å². The van der Waals surface area contributed by atoms with Crippen LogP contribution in [0, 0.1) is 0 Å². The van der Waals surface area contributed by atoms with E-state index < -0.39 is 16.1 Å². The summed E-state index contributed by atoms with van der Waals surface area (Å²) < 4.78 is 30.7. The molecule has 3 N–H and O–H groups in total. The Morgan fingerprint density at radius 2 is 1.90 bits per heavy atom. The molecule has 164 valence electrons. The minimum absolute atomic E-state index is 0.0681. The van der Waals surface area contributed by atoms with Crippen molar-refractivity contribution in [3.05, 3.63) is 48.3 Å². The Morgan fingerprint density at radius 1 is 1.16 bits per heavy atom. The molecule has 1 aliphatic rings. The van der Waals surface area contributed by atoms with Gasteiger partial charge >= 0.3 is 16.1 Å². The number of H-pyrrole nitrogens is 1. The van der Waals surface area contributed by atoms with Crippen LogP contribution in [0.3, 0.4) is 0 Å². The van der Waals surface area contributed by atoms with Gasteiger partial charge in [-0.15, -0.1) is 0 Å². The smallest absolute Gasteiger partial charge is 0.339 e. The number of hydrogen-bond acceptors (Lipinski definition) is 6. The number of nitrogens with one attached hydrogen (secondary N) is 2. The van der Waals surface area contributed by atoms with E-state index in [9.17, 15) is 13.2 Å². The predicted molar refractivity (Wildman–Crippen MR) is 117 cm³/mol. The highest BCUT2D eigenvalue weighted by atomic mass is 32.2. The molecule has 8 nitrogen and oxygen atoms in total. The molecule has 1 aliphatic carbocycles. The number of carbonyl (C=O) groups is 1. The van der Waals surface area contributed by atoms with Crippen molar-refractivity contribution in [3.63, 3.8) is 0 Å². The minimum atomic E-state index is -3.97. The van der Waals surface area contributed by atoms with Crippen molar-refractivity contribution in [3.8, 4) is 5.75 Å². The van der Waals surface area contributed by atoms with E-state index in [0.717, 1.165) is 18.5 Å². The van der Waals surface area contributed by atoms with E-state index in [1.54, 1.807) is 42.5 Å². The number of carboxylic acid groups (broad SMARTS) is 1. The normalized spacial score (nSPS) is 14.7. The summed E-state index contributed by atoms with van der Waals surface area (Å²) in [5, 5.41) is 12.2. The molecule has 1 saturated carbocycles. The van der Waals surface area contributed by atoms with Crippen LogP contribution in [0.2, 0.25) is 0 Å². The van der Waals surface area contributed by atoms with Gasteiger partial charge < -0.3 is 19.6 Å². The molecule has 1 fully saturated rings. The van der Waals surface area contributed by atoms with Gasteiger partial charge in [0, 0.05) is 30.6 Å². The monoisotopic (exact) mass is 443 g/mol. The van der Waals surface area contributed by atoms with Gasteiger partial charge in [0.2, 0.25) is 0 Å². The number of aliphatic carboxylic acids is 1. The van der Waals surface area contributed by atoms with E-state index in [0.29, 0.717) is 35.7 Å². The Morgan fingerprint density at radius 3 is 2.61 bits per heavy atom. The third kappa shape index (κ3) is 5.35. The van der Waals surface area contributed by atoms with Crippen LogP contribution in [0.5, 0.6) is 5.75 Å². The number of aromatic amines is 1. The van der Waals surface area contributed by atoms with Crippen molar-refractivity contribution >= 4 is 32.8 Å². The number of benzene rings is 2. The third-order valence-electron chi connectivity index (χ3n) is 5.38. The maximum atomic E-state index is 12.7. The predicted octanol–water partition coefficient (Wildman–Crippen LogP) is 4.09. The van der Waals surface area contributed by atoms with Gasteiger partial charge in [-0.25, -0.2) is 4.98 Å². The van der Waals surface area contributed by atoms with Gasteiger partial charge in [0.15, 0.2) is 0 Å². The third-order valence-corrected chi connectivity index (χ3v) is 6.64. The molecule has 0 spiro atoms. The van der Waals surface area contributed by atoms with Crippen molar-refractivity contribution in [2.24, 2.45) is 0 Å². The van der Waals surface area contributed by atoms with Crippen LogP contribution >= 0.6 is 0 Å². The summed E-state index contributed by atoms with van der Waals surface area (Å²) in [4.78, 5) is 18.2. The summed E-state index contributed by atoms with van der Waals surface area (Å²) in [6.07, 6.45) is 5.76. The maximum absolute atomic E-state index is 12.7. The Hall–Kier alpha value is -3.07. The van der Waals surface area contributed by atoms with Gasteiger partial charge in [0.05, 0.1) is 11.0 Å². The number of aromatic nitrogens is 2. The summed E-state index contributed by atoms with van der Waals surface area (Å²) in [5.74, 6) is -0.0117. The molecule has 0 bridgehead atoms. The zero-order chi connectivity index (χ0) is 21.8. The zero-order valence-electron chi connectivity index (χ0n) is 17.0. The van der Waals surface area contributed by atoms with Crippen molar-refractivity contribution in [2.75, 3.05) is 5.32 Å². The number of imidazole rings is 1. The van der Waals surface area contributed by atoms with E-state index >= 15 is 0 Å². The Kier molecular flexibility index (Phi) is 6.13. The molecule has 0 atom stereocenters. The largest absolute Gasteiger partial charge is 0.481 e. The first-order valence-electron chi connectivity index (χ1n) is 10.4. The molecule has 0 radical (unpaired) electrons. The molecule has 1 aromatic heterocycles. The van der Waals surface area contributed by atoms with Crippen molar-refractivity contribution in [1.29, 1.82) is 0 Å². The number of carboxylic acids is 1. The number of rotatable bonds is 9. The van der Waals surface area contributed by atoms with Crippen LogP contribution in [0.15, 0.2) is 47.4 Å². The van der Waals surface area contributed by atoms with E-state index in [2.05, 4.69) is 15.3 Å². The highest BCUT2D eigenvalue weighted by Crippen LogP contribution is 2.26. The topological polar surface area (TPSA) is 121 Å². The summed E-state index contributed by atoms with van der Waals surface area (Å²) in [7, 11) is -3.97. The summed E-state index contributed by atoms with van der Waals surface area (Å²) in [6, 6.07) is 11.9. The van der Waals surface area contributed by atoms with Crippen molar-refractivity contribution < 1.29 is 22.5 Å². The van der Waals surface area contributed by atoms with Crippen LogP contribution in [0.1, 0.15) is 44.3 Å². The van der Waals surface area contributed by atoms with Gasteiger partial charge in [-0.3, -0.25) is 4.79 Å². The molecule has 4 rings (SSSR count). The van der Waals surface area contributed by atoms with E-state index in [1.165, 1.54) is 12.8 Å². The lowest BCUT2D eigenvalue weighted by Crippen LogP contribution is -2.14.